The number of fused-ring (bicyclic) bond motifs is 2. The molecule has 4 aromatic carbocycles. The molecule has 128 valence electrons. The van der Waals surface area contributed by atoms with Crippen molar-refractivity contribution in [2.24, 2.45) is 10.2 Å². The third-order valence-corrected chi connectivity index (χ3v) is 4.38. The zero-order valence-electron chi connectivity index (χ0n) is 13.6. The lowest BCUT2D eigenvalue weighted by Crippen LogP contribution is -1.97. The predicted molar refractivity (Wildman–Crippen MR) is 103 cm³/mol. The highest BCUT2D eigenvalue weighted by molar-refractivity contribution is 7.74. The molecule has 0 radical (unpaired) electrons. The van der Waals surface area contributed by atoms with E-state index in [0.717, 1.165) is 21.8 Å². The Balaban J connectivity index is 1.80. The van der Waals surface area contributed by atoms with Gasteiger partial charge < -0.3 is 4.18 Å². The molecular weight excluding hydrogens is 348 g/mol. The van der Waals surface area contributed by atoms with E-state index in [0.29, 0.717) is 16.8 Å². The van der Waals surface area contributed by atoms with Crippen molar-refractivity contribution in [2.45, 2.75) is 0 Å². The van der Waals surface area contributed by atoms with Crippen LogP contribution in [0, 0.1) is 0 Å². The van der Waals surface area contributed by atoms with Gasteiger partial charge in [-0.3, -0.25) is 4.55 Å². The first-order valence-corrected chi connectivity index (χ1v) is 8.96. The summed E-state index contributed by atoms with van der Waals surface area (Å²) in [7, 11) is 0. The van der Waals surface area contributed by atoms with Gasteiger partial charge in [0.15, 0.2) is 5.75 Å². The maximum absolute atomic E-state index is 11.0. The molecule has 0 bridgehead atoms. The molecule has 0 aromatic heterocycles. The van der Waals surface area contributed by atoms with Gasteiger partial charge in [0.2, 0.25) is 0 Å². The molecule has 26 heavy (non-hydrogen) atoms. The highest BCUT2D eigenvalue weighted by Gasteiger charge is 2.09. The number of benzene rings is 4. The van der Waals surface area contributed by atoms with E-state index in [1.165, 1.54) is 0 Å². The highest BCUT2D eigenvalue weighted by Crippen LogP contribution is 2.35. The summed E-state index contributed by atoms with van der Waals surface area (Å²) in [5.74, 6) is 0.325. The number of nitrogens with zero attached hydrogens (tertiary/aromatic N) is 2. The van der Waals surface area contributed by atoms with Crippen LogP contribution in [0.3, 0.4) is 0 Å². The lowest BCUT2D eigenvalue weighted by atomic mass is 10.1. The third kappa shape index (κ3) is 3.20. The third-order valence-electron chi connectivity index (χ3n) is 4.05. The minimum Gasteiger partial charge on any atom is -0.379 e. The van der Waals surface area contributed by atoms with Gasteiger partial charge in [0, 0.05) is 16.2 Å². The zero-order valence-corrected chi connectivity index (χ0v) is 14.4. The molecular formula is C20H14N2O3S. The molecule has 1 N–H and O–H groups in total. The normalized spacial score (nSPS) is 12.7. The van der Waals surface area contributed by atoms with Crippen LogP contribution in [0.2, 0.25) is 0 Å². The van der Waals surface area contributed by atoms with Crippen LogP contribution >= 0.6 is 0 Å². The van der Waals surface area contributed by atoms with E-state index < -0.39 is 11.4 Å². The standard InChI is InChI=1S/C20H14N2O3S/c23-26(24)25-20-13-12-19(16-9-3-4-10-17(16)20)22-21-18-11-5-7-14-6-1-2-8-15(14)18/h1-13H,(H,23,24). The lowest BCUT2D eigenvalue weighted by Gasteiger charge is -2.07. The smallest absolute Gasteiger partial charge is 0.357 e. The molecule has 0 amide bonds. The van der Waals surface area contributed by atoms with E-state index in [-0.39, 0.29) is 0 Å². The van der Waals surface area contributed by atoms with Crippen LogP contribution in [0.25, 0.3) is 21.5 Å². The number of rotatable bonds is 4. The summed E-state index contributed by atoms with van der Waals surface area (Å²) in [5, 5.41) is 12.4. The van der Waals surface area contributed by atoms with Gasteiger partial charge in [0.25, 0.3) is 0 Å². The molecule has 1 atom stereocenters. The fourth-order valence-corrected chi connectivity index (χ4v) is 3.19. The highest BCUT2D eigenvalue weighted by atomic mass is 32.2. The molecule has 6 heteroatoms. The number of hydrogen-bond donors (Lipinski definition) is 1. The molecule has 0 fully saturated rings. The second-order valence-electron chi connectivity index (χ2n) is 5.63. The van der Waals surface area contributed by atoms with Gasteiger partial charge in [-0.1, -0.05) is 60.7 Å². The van der Waals surface area contributed by atoms with Gasteiger partial charge in [0.1, 0.15) is 0 Å². The van der Waals surface area contributed by atoms with E-state index in [4.69, 9.17) is 8.74 Å². The van der Waals surface area contributed by atoms with Crippen molar-refractivity contribution in [2.75, 3.05) is 0 Å². The average Bonchev–Trinajstić information content (AvgIpc) is 2.67. The van der Waals surface area contributed by atoms with Crippen LogP contribution < -0.4 is 4.18 Å². The summed E-state index contributed by atoms with van der Waals surface area (Å²) in [6.07, 6.45) is 0. The summed E-state index contributed by atoms with van der Waals surface area (Å²) in [6.45, 7) is 0. The number of azo groups is 1. The van der Waals surface area contributed by atoms with Crippen LogP contribution in [0.15, 0.2) is 89.1 Å². The average molecular weight is 362 g/mol. The minimum absolute atomic E-state index is 0.325. The molecule has 0 heterocycles. The molecule has 0 saturated carbocycles. The van der Waals surface area contributed by atoms with E-state index in [2.05, 4.69) is 10.2 Å². The quantitative estimate of drug-likeness (QED) is 0.361. The van der Waals surface area contributed by atoms with E-state index in [9.17, 15) is 4.21 Å². The Labute approximate surface area is 152 Å². The van der Waals surface area contributed by atoms with Gasteiger partial charge in [-0.2, -0.15) is 4.21 Å². The largest absolute Gasteiger partial charge is 0.379 e. The second-order valence-corrected chi connectivity index (χ2v) is 6.23. The molecule has 4 aromatic rings. The van der Waals surface area contributed by atoms with Crippen LogP contribution in [-0.4, -0.2) is 8.76 Å². The summed E-state index contributed by atoms with van der Waals surface area (Å²) < 4.78 is 24.9. The molecule has 0 saturated heterocycles. The Hall–Kier alpha value is -3.09. The molecule has 5 nitrogen and oxygen atoms in total. The molecule has 0 aliphatic rings. The fraction of sp³-hybridized carbons (Fsp3) is 0. The van der Waals surface area contributed by atoms with E-state index >= 15 is 0 Å². The zero-order chi connectivity index (χ0) is 17.9. The Morgan fingerprint density at radius 2 is 1.31 bits per heavy atom. The van der Waals surface area contributed by atoms with Gasteiger partial charge >= 0.3 is 11.4 Å². The second kappa shape index (κ2) is 7.03. The first-order chi connectivity index (χ1) is 12.7. The van der Waals surface area contributed by atoms with Gasteiger partial charge in [-0.25, -0.2) is 0 Å². The first-order valence-electron chi connectivity index (χ1n) is 7.93. The lowest BCUT2D eigenvalue weighted by molar-refractivity contribution is 0.460. The Morgan fingerprint density at radius 3 is 2.08 bits per heavy atom. The van der Waals surface area contributed by atoms with Crippen molar-refractivity contribution >= 4 is 44.3 Å². The van der Waals surface area contributed by atoms with Crippen molar-refractivity contribution in [3.8, 4) is 5.75 Å². The summed E-state index contributed by atoms with van der Waals surface area (Å²) in [6, 6.07) is 24.6. The van der Waals surface area contributed by atoms with E-state index in [1.54, 1.807) is 12.1 Å². The van der Waals surface area contributed by atoms with Crippen molar-refractivity contribution in [3.63, 3.8) is 0 Å². The predicted octanol–water partition coefficient (Wildman–Crippen LogP) is 5.92. The van der Waals surface area contributed by atoms with Crippen LogP contribution in [0.5, 0.6) is 5.75 Å². The maximum Gasteiger partial charge on any atom is 0.357 e. The van der Waals surface area contributed by atoms with Crippen molar-refractivity contribution in [1.29, 1.82) is 0 Å². The van der Waals surface area contributed by atoms with Crippen molar-refractivity contribution < 1.29 is 12.9 Å². The van der Waals surface area contributed by atoms with E-state index in [1.807, 2.05) is 66.7 Å². The van der Waals surface area contributed by atoms with Gasteiger partial charge in [-0.15, -0.1) is 10.2 Å². The Bertz CT molecular complexity index is 1150. The molecule has 0 aliphatic carbocycles. The van der Waals surface area contributed by atoms with Gasteiger partial charge in [0.05, 0.1) is 11.4 Å². The van der Waals surface area contributed by atoms with Crippen LogP contribution in [0.4, 0.5) is 11.4 Å². The topological polar surface area (TPSA) is 71.2 Å². The van der Waals surface area contributed by atoms with Gasteiger partial charge in [-0.05, 0) is 23.6 Å². The fourth-order valence-electron chi connectivity index (χ4n) is 2.90. The summed E-state index contributed by atoms with van der Waals surface area (Å²) in [4.78, 5) is 0. The Kier molecular flexibility index (Phi) is 4.43. The molecule has 0 aliphatic heterocycles. The maximum atomic E-state index is 11.0. The van der Waals surface area contributed by atoms with Crippen molar-refractivity contribution in [3.05, 3.63) is 78.9 Å². The molecule has 1 unspecified atom stereocenters. The van der Waals surface area contributed by atoms with Crippen molar-refractivity contribution in [1.82, 2.24) is 0 Å². The summed E-state index contributed by atoms with van der Waals surface area (Å²) >= 11 is -2.38. The molecule has 0 spiro atoms. The van der Waals surface area contributed by atoms with Crippen LogP contribution in [0.1, 0.15) is 0 Å². The monoisotopic (exact) mass is 362 g/mol. The number of hydrogen-bond acceptors (Lipinski definition) is 4. The minimum atomic E-state index is -2.38. The SMILES string of the molecule is O=S(O)Oc1ccc(N=Nc2cccc3ccccc23)c2ccccc12. The molecule has 4 rings (SSSR count). The first kappa shape index (κ1) is 16.4. The Morgan fingerprint density at radius 1 is 0.692 bits per heavy atom. The summed E-state index contributed by atoms with van der Waals surface area (Å²) in [5.41, 5.74) is 1.44. The van der Waals surface area contributed by atoms with Crippen LogP contribution in [-0.2, 0) is 11.4 Å².